The molecule has 31 heavy (non-hydrogen) atoms. The van der Waals surface area contributed by atoms with Gasteiger partial charge in [-0.05, 0) is 79.2 Å². The standard InChI is InChI=1S/C23H19ClN2O5/c1-2-30-21-13-15(14-25-26-22(28)16-6-10-19(27)11-7-16)3-12-20(21)31-23(29)17-4-8-18(24)9-5-17/h3-14,27H,2H2,1H3,(H,26,28)/b25-14-. The van der Waals surface area contributed by atoms with Gasteiger partial charge in [-0.1, -0.05) is 11.6 Å². The predicted octanol–water partition coefficient (Wildman–Crippen LogP) is 4.43. The molecule has 0 aromatic heterocycles. The molecule has 8 heteroatoms. The van der Waals surface area contributed by atoms with E-state index in [1.165, 1.54) is 30.5 Å². The number of carbonyl (C=O) groups is 2. The molecule has 0 heterocycles. The Hall–Kier alpha value is -3.84. The number of amides is 1. The van der Waals surface area contributed by atoms with Crippen molar-refractivity contribution >= 4 is 29.7 Å². The van der Waals surface area contributed by atoms with Crippen LogP contribution < -0.4 is 14.9 Å². The highest BCUT2D eigenvalue weighted by Gasteiger charge is 2.13. The number of nitrogens with zero attached hydrogens (tertiary/aromatic N) is 1. The molecule has 0 bridgehead atoms. The van der Waals surface area contributed by atoms with Gasteiger partial charge >= 0.3 is 5.97 Å². The minimum Gasteiger partial charge on any atom is -0.508 e. The molecule has 0 aliphatic carbocycles. The molecule has 2 N–H and O–H groups in total. The molecule has 0 fully saturated rings. The van der Waals surface area contributed by atoms with Gasteiger partial charge in [0, 0.05) is 10.6 Å². The smallest absolute Gasteiger partial charge is 0.343 e. The molecular weight excluding hydrogens is 420 g/mol. The van der Waals surface area contributed by atoms with E-state index in [4.69, 9.17) is 21.1 Å². The van der Waals surface area contributed by atoms with E-state index in [1.54, 1.807) is 42.5 Å². The molecule has 158 valence electrons. The van der Waals surface area contributed by atoms with Crippen LogP contribution in [0.5, 0.6) is 17.2 Å². The second-order valence-electron chi connectivity index (χ2n) is 6.28. The number of aromatic hydroxyl groups is 1. The quantitative estimate of drug-likeness (QED) is 0.246. The Kier molecular flexibility index (Phi) is 7.24. The van der Waals surface area contributed by atoms with E-state index in [0.717, 1.165) is 0 Å². The number of hydrazone groups is 1. The summed E-state index contributed by atoms with van der Waals surface area (Å²) in [6, 6.07) is 17.0. The highest BCUT2D eigenvalue weighted by molar-refractivity contribution is 6.30. The minimum atomic E-state index is -0.541. The Balaban J connectivity index is 1.69. The van der Waals surface area contributed by atoms with E-state index in [0.29, 0.717) is 34.1 Å². The summed E-state index contributed by atoms with van der Waals surface area (Å²) in [7, 11) is 0. The van der Waals surface area contributed by atoms with Gasteiger partial charge in [-0.15, -0.1) is 0 Å². The normalized spacial score (nSPS) is 10.6. The fourth-order valence-corrected chi connectivity index (χ4v) is 2.67. The molecule has 0 aliphatic heterocycles. The largest absolute Gasteiger partial charge is 0.508 e. The molecule has 0 aliphatic rings. The molecule has 0 unspecified atom stereocenters. The van der Waals surface area contributed by atoms with E-state index in [-0.39, 0.29) is 11.5 Å². The van der Waals surface area contributed by atoms with Gasteiger partial charge in [0.05, 0.1) is 18.4 Å². The van der Waals surface area contributed by atoms with Crippen molar-refractivity contribution in [2.24, 2.45) is 5.10 Å². The first-order valence-electron chi connectivity index (χ1n) is 9.33. The SMILES string of the molecule is CCOc1cc(/C=N\NC(=O)c2ccc(O)cc2)ccc1OC(=O)c1ccc(Cl)cc1. The van der Waals surface area contributed by atoms with E-state index in [2.05, 4.69) is 10.5 Å². The van der Waals surface area contributed by atoms with Crippen LogP contribution in [0.4, 0.5) is 0 Å². The van der Waals surface area contributed by atoms with E-state index >= 15 is 0 Å². The molecule has 0 spiro atoms. The lowest BCUT2D eigenvalue weighted by atomic mass is 10.2. The number of nitrogens with one attached hydrogen (secondary N) is 1. The number of ether oxygens (including phenoxy) is 2. The maximum atomic E-state index is 12.4. The zero-order chi connectivity index (χ0) is 22.2. The summed E-state index contributed by atoms with van der Waals surface area (Å²) < 4.78 is 11.0. The Morgan fingerprint density at radius 3 is 2.35 bits per heavy atom. The van der Waals surface area contributed by atoms with Crippen LogP contribution >= 0.6 is 11.6 Å². The molecule has 1 amide bonds. The van der Waals surface area contributed by atoms with Crippen LogP contribution in [0.15, 0.2) is 71.8 Å². The molecule has 0 saturated carbocycles. The summed E-state index contributed by atoms with van der Waals surface area (Å²) in [5.41, 5.74) is 3.74. The summed E-state index contributed by atoms with van der Waals surface area (Å²) in [6.45, 7) is 2.17. The van der Waals surface area contributed by atoms with Gasteiger partial charge in [0.2, 0.25) is 0 Å². The second kappa shape index (κ2) is 10.3. The van der Waals surface area contributed by atoms with Gasteiger partial charge in [0.1, 0.15) is 5.75 Å². The fourth-order valence-electron chi connectivity index (χ4n) is 2.55. The van der Waals surface area contributed by atoms with Crippen LogP contribution in [0.2, 0.25) is 5.02 Å². The number of halogens is 1. The van der Waals surface area contributed by atoms with Gasteiger partial charge in [-0.2, -0.15) is 5.10 Å². The van der Waals surface area contributed by atoms with Crippen LogP contribution in [-0.2, 0) is 0 Å². The van der Waals surface area contributed by atoms with Crippen LogP contribution in [0.3, 0.4) is 0 Å². The second-order valence-corrected chi connectivity index (χ2v) is 6.72. The molecule has 7 nitrogen and oxygen atoms in total. The summed E-state index contributed by atoms with van der Waals surface area (Å²) in [5.74, 6) is -0.277. The van der Waals surface area contributed by atoms with Gasteiger partial charge in [0.15, 0.2) is 11.5 Å². The molecular formula is C23H19ClN2O5. The van der Waals surface area contributed by atoms with Gasteiger partial charge in [-0.25, -0.2) is 10.2 Å². The number of esters is 1. The Morgan fingerprint density at radius 2 is 1.68 bits per heavy atom. The van der Waals surface area contributed by atoms with Crippen molar-refractivity contribution in [3.05, 3.63) is 88.4 Å². The van der Waals surface area contributed by atoms with Crippen LogP contribution in [-0.4, -0.2) is 29.8 Å². The fraction of sp³-hybridized carbons (Fsp3) is 0.0870. The minimum absolute atomic E-state index is 0.0698. The van der Waals surface area contributed by atoms with Crippen molar-refractivity contribution in [2.45, 2.75) is 6.92 Å². The Labute approximate surface area is 183 Å². The molecule has 0 saturated heterocycles. The lowest BCUT2D eigenvalue weighted by molar-refractivity contribution is 0.0728. The molecule has 3 aromatic carbocycles. The first-order valence-corrected chi connectivity index (χ1v) is 9.71. The van der Waals surface area contributed by atoms with E-state index in [1.807, 2.05) is 6.92 Å². The average molecular weight is 439 g/mol. The Bertz CT molecular complexity index is 1100. The third kappa shape index (κ3) is 6.07. The number of phenolic OH excluding ortho intramolecular Hbond substituents is 1. The highest BCUT2D eigenvalue weighted by atomic mass is 35.5. The zero-order valence-electron chi connectivity index (χ0n) is 16.5. The first kappa shape index (κ1) is 21.9. The number of hydrogen-bond donors (Lipinski definition) is 2. The van der Waals surface area contributed by atoms with Crippen LogP contribution in [0.25, 0.3) is 0 Å². The van der Waals surface area contributed by atoms with Gasteiger partial charge in [-0.3, -0.25) is 4.79 Å². The molecule has 0 radical (unpaired) electrons. The van der Waals surface area contributed by atoms with Crippen LogP contribution in [0.1, 0.15) is 33.2 Å². The molecule has 3 rings (SSSR count). The number of carbonyl (C=O) groups excluding carboxylic acids is 2. The number of hydrogen-bond acceptors (Lipinski definition) is 6. The first-order chi connectivity index (χ1) is 15.0. The topological polar surface area (TPSA) is 97.2 Å². The summed E-state index contributed by atoms with van der Waals surface area (Å²) in [6.07, 6.45) is 1.44. The van der Waals surface area contributed by atoms with Crippen molar-refractivity contribution < 1.29 is 24.2 Å². The van der Waals surface area contributed by atoms with Crippen molar-refractivity contribution in [1.82, 2.24) is 5.43 Å². The molecule has 3 aromatic rings. The summed E-state index contributed by atoms with van der Waals surface area (Å²) in [4.78, 5) is 24.4. The predicted molar refractivity (Wildman–Crippen MR) is 117 cm³/mol. The summed E-state index contributed by atoms with van der Waals surface area (Å²) in [5, 5.41) is 13.7. The monoisotopic (exact) mass is 438 g/mol. The lowest BCUT2D eigenvalue weighted by Crippen LogP contribution is -2.17. The average Bonchev–Trinajstić information content (AvgIpc) is 2.76. The third-order valence-corrected chi connectivity index (χ3v) is 4.31. The van der Waals surface area contributed by atoms with Crippen LogP contribution in [0, 0.1) is 0 Å². The van der Waals surface area contributed by atoms with Crippen molar-refractivity contribution in [1.29, 1.82) is 0 Å². The number of phenols is 1. The summed E-state index contributed by atoms with van der Waals surface area (Å²) >= 11 is 5.84. The van der Waals surface area contributed by atoms with Crippen molar-refractivity contribution in [3.63, 3.8) is 0 Å². The lowest BCUT2D eigenvalue weighted by Gasteiger charge is -2.11. The van der Waals surface area contributed by atoms with E-state index in [9.17, 15) is 14.7 Å². The highest BCUT2D eigenvalue weighted by Crippen LogP contribution is 2.29. The van der Waals surface area contributed by atoms with Gasteiger partial charge < -0.3 is 14.6 Å². The number of benzene rings is 3. The zero-order valence-corrected chi connectivity index (χ0v) is 17.3. The third-order valence-electron chi connectivity index (χ3n) is 4.06. The maximum absolute atomic E-state index is 12.4. The molecule has 0 atom stereocenters. The van der Waals surface area contributed by atoms with Crippen molar-refractivity contribution in [3.8, 4) is 17.2 Å². The Morgan fingerprint density at radius 1 is 1.00 bits per heavy atom. The van der Waals surface area contributed by atoms with E-state index < -0.39 is 11.9 Å². The van der Waals surface area contributed by atoms with Gasteiger partial charge in [0.25, 0.3) is 5.91 Å². The van der Waals surface area contributed by atoms with Crippen molar-refractivity contribution in [2.75, 3.05) is 6.61 Å². The number of rotatable bonds is 7. The maximum Gasteiger partial charge on any atom is 0.343 e.